The molecule has 0 aromatic rings. The molecule has 32 heavy (non-hydrogen) atoms. The van der Waals surface area contributed by atoms with Crippen LogP contribution in [0.3, 0.4) is 0 Å². The monoisotopic (exact) mass is 474 g/mol. The number of rotatable bonds is 21. The molecule has 0 saturated carbocycles. The Morgan fingerprint density at radius 2 is 1.50 bits per heavy atom. The van der Waals surface area contributed by atoms with Crippen molar-refractivity contribution >= 4 is 5.91 Å². The zero-order valence-corrected chi connectivity index (χ0v) is 21.8. The third-order valence-electron chi connectivity index (χ3n) is 5.53. The lowest BCUT2D eigenvalue weighted by molar-refractivity contribution is -0.893. The zero-order valence-electron chi connectivity index (χ0n) is 21.0. The van der Waals surface area contributed by atoms with Crippen LogP contribution in [-0.4, -0.2) is 67.0 Å². The molecule has 1 amide bonds. The van der Waals surface area contributed by atoms with Crippen molar-refractivity contribution in [3.63, 3.8) is 0 Å². The second-order valence-electron chi connectivity index (χ2n) is 9.36. The number of hydrogen-bond acceptors (Lipinski definition) is 3. The van der Waals surface area contributed by atoms with Crippen LogP contribution in [-0.2, 0) is 4.79 Å². The maximum Gasteiger partial charge on any atom is 0.219 e. The highest BCUT2D eigenvalue weighted by Gasteiger charge is 2.19. The number of unbranched alkanes of at least 4 members (excludes halogenated alkanes) is 8. The topological polar surface area (TPSA) is 69.6 Å². The molecule has 0 aromatic heterocycles. The maximum absolute atomic E-state index is 11.9. The molecule has 0 rings (SSSR count). The number of aliphatic hydroxyl groups is 2. The maximum atomic E-state index is 11.9. The van der Waals surface area contributed by atoms with Crippen LogP contribution < -0.4 is 17.7 Å². The Balaban J connectivity index is 0. The Morgan fingerprint density at radius 3 is 2.12 bits per heavy atom. The lowest BCUT2D eigenvalue weighted by Crippen LogP contribution is -3.00. The van der Waals surface area contributed by atoms with Crippen LogP contribution >= 0.6 is 0 Å². The molecule has 6 heteroatoms. The van der Waals surface area contributed by atoms with Gasteiger partial charge < -0.3 is 32.4 Å². The highest BCUT2D eigenvalue weighted by atomic mass is 35.5. The summed E-state index contributed by atoms with van der Waals surface area (Å²) < 4.78 is 0.641. The fourth-order valence-electron chi connectivity index (χ4n) is 3.64. The van der Waals surface area contributed by atoms with E-state index in [1.165, 1.54) is 44.9 Å². The summed E-state index contributed by atoms with van der Waals surface area (Å²) in [5.74, 6) is 0.145. The van der Waals surface area contributed by atoms with Crippen molar-refractivity contribution in [1.82, 2.24) is 5.32 Å². The molecule has 0 aromatic carbocycles. The number of carbonyl (C=O) groups excluding carboxylic acids is 1. The van der Waals surface area contributed by atoms with Gasteiger partial charge in [-0.15, -0.1) is 0 Å². The van der Waals surface area contributed by atoms with Crippen LogP contribution in [0, 0.1) is 0 Å². The molecule has 0 fully saturated rings. The van der Waals surface area contributed by atoms with E-state index in [-0.39, 0.29) is 24.9 Å². The highest BCUT2D eigenvalue weighted by Crippen LogP contribution is 2.08. The number of likely N-dealkylation sites (N-methyl/N-ethyl adjacent to an activating group) is 1. The molecule has 0 aliphatic heterocycles. The predicted molar refractivity (Wildman–Crippen MR) is 132 cm³/mol. The van der Waals surface area contributed by atoms with Crippen LogP contribution in [0.1, 0.15) is 90.4 Å². The fourth-order valence-corrected chi connectivity index (χ4v) is 3.64. The summed E-state index contributed by atoms with van der Waals surface area (Å²) in [6.45, 7) is 4.10. The van der Waals surface area contributed by atoms with E-state index in [1.54, 1.807) is 0 Å². The van der Waals surface area contributed by atoms with Gasteiger partial charge in [0, 0.05) is 19.4 Å². The molecule has 0 aliphatic carbocycles. The summed E-state index contributed by atoms with van der Waals surface area (Å²) in [4.78, 5) is 11.9. The van der Waals surface area contributed by atoms with Crippen LogP contribution in [0.25, 0.3) is 0 Å². The molecule has 0 radical (unpaired) electrons. The van der Waals surface area contributed by atoms with Gasteiger partial charge in [0.05, 0.1) is 27.2 Å². The van der Waals surface area contributed by atoms with Gasteiger partial charge in [0.15, 0.2) is 0 Å². The summed E-state index contributed by atoms with van der Waals surface area (Å²) in [5, 5.41) is 21.5. The van der Waals surface area contributed by atoms with Crippen molar-refractivity contribution in [2.24, 2.45) is 0 Å². The van der Waals surface area contributed by atoms with Crippen LogP contribution in [0.5, 0.6) is 0 Å². The van der Waals surface area contributed by atoms with E-state index in [0.717, 1.165) is 38.6 Å². The van der Waals surface area contributed by atoms with Gasteiger partial charge in [-0.05, 0) is 38.5 Å². The van der Waals surface area contributed by atoms with Crippen LogP contribution in [0.2, 0.25) is 0 Å². The van der Waals surface area contributed by atoms with E-state index in [2.05, 4.69) is 36.5 Å². The second kappa shape index (κ2) is 23.3. The first-order valence-corrected chi connectivity index (χ1v) is 12.6. The summed E-state index contributed by atoms with van der Waals surface area (Å²) >= 11 is 0. The smallest absolute Gasteiger partial charge is 0.219 e. The first-order chi connectivity index (χ1) is 14.9. The number of quaternary nitrogens is 1. The largest absolute Gasteiger partial charge is 1.00 e. The van der Waals surface area contributed by atoms with Crippen molar-refractivity contribution in [2.75, 3.05) is 40.3 Å². The SMILES string of the molecule is CCCCC/C=C\C/C=C\CCCCCCCC(=O)NCCC[N+](C)(C)CC(O)CO.[Cl-]. The third-order valence-corrected chi connectivity index (χ3v) is 5.53. The standard InChI is InChI=1S/C26H50N2O3.ClH/c1-4-5-6-7-8-9-10-11-12-13-14-15-16-17-18-20-26(31)27-21-19-22-28(2,3)23-25(30)24-29;/h8-9,11-12,25,29-30H,4-7,10,13-24H2,1-3H3;1H/b9-8-,12-11-;. The van der Waals surface area contributed by atoms with Gasteiger partial charge in [0.1, 0.15) is 12.6 Å². The fraction of sp³-hybridized carbons (Fsp3) is 0.808. The molecule has 5 nitrogen and oxygen atoms in total. The predicted octanol–water partition coefficient (Wildman–Crippen LogP) is 1.74. The number of hydrogen-bond donors (Lipinski definition) is 3. The van der Waals surface area contributed by atoms with Crippen molar-refractivity contribution in [3.05, 3.63) is 24.3 Å². The quantitative estimate of drug-likeness (QED) is 0.135. The molecule has 1 unspecified atom stereocenters. The van der Waals surface area contributed by atoms with E-state index in [0.29, 0.717) is 24.0 Å². The van der Waals surface area contributed by atoms with Gasteiger partial charge >= 0.3 is 0 Å². The van der Waals surface area contributed by atoms with Crippen molar-refractivity contribution in [1.29, 1.82) is 0 Å². The molecular formula is C26H51ClN2O3. The lowest BCUT2D eigenvalue weighted by Gasteiger charge is -2.31. The molecular weight excluding hydrogens is 424 g/mol. The number of amides is 1. The first-order valence-electron chi connectivity index (χ1n) is 12.6. The van der Waals surface area contributed by atoms with E-state index >= 15 is 0 Å². The Hall–Kier alpha value is -0.880. The summed E-state index contributed by atoms with van der Waals surface area (Å²) in [6.07, 6.45) is 23.1. The molecule has 0 bridgehead atoms. The summed E-state index contributed by atoms with van der Waals surface area (Å²) in [7, 11) is 4.06. The Morgan fingerprint density at radius 1 is 0.906 bits per heavy atom. The van der Waals surface area contributed by atoms with E-state index in [4.69, 9.17) is 5.11 Å². The van der Waals surface area contributed by atoms with Gasteiger partial charge in [0.2, 0.25) is 5.91 Å². The van der Waals surface area contributed by atoms with Gasteiger partial charge in [-0.25, -0.2) is 0 Å². The molecule has 0 heterocycles. The number of aliphatic hydroxyl groups excluding tert-OH is 2. The van der Waals surface area contributed by atoms with Gasteiger partial charge in [-0.1, -0.05) is 63.3 Å². The number of nitrogens with one attached hydrogen (secondary N) is 1. The average molecular weight is 475 g/mol. The van der Waals surface area contributed by atoms with Crippen molar-refractivity contribution < 1.29 is 31.9 Å². The minimum absolute atomic E-state index is 0. The number of allylic oxidation sites excluding steroid dienone is 4. The van der Waals surface area contributed by atoms with Crippen LogP contribution in [0.4, 0.5) is 0 Å². The van der Waals surface area contributed by atoms with Crippen molar-refractivity contribution in [2.45, 2.75) is 96.5 Å². The molecule has 0 aliphatic rings. The molecule has 190 valence electrons. The lowest BCUT2D eigenvalue weighted by atomic mass is 10.1. The molecule has 3 N–H and O–H groups in total. The van der Waals surface area contributed by atoms with Gasteiger partial charge in [-0.3, -0.25) is 4.79 Å². The minimum atomic E-state index is -0.678. The van der Waals surface area contributed by atoms with E-state index in [1.807, 2.05) is 14.1 Å². The van der Waals surface area contributed by atoms with Gasteiger partial charge in [0.25, 0.3) is 0 Å². The third kappa shape index (κ3) is 23.8. The van der Waals surface area contributed by atoms with Crippen LogP contribution in [0.15, 0.2) is 24.3 Å². The normalized spacial score (nSPS) is 12.9. The van der Waals surface area contributed by atoms with E-state index in [9.17, 15) is 9.90 Å². The molecule has 1 atom stereocenters. The van der Waals surface area contributed by atoms with Crippen molar-refractivity contribution in [3.8, 4) is 0 Å². The Labute approximate surface area is 204 Å². The molecule has 0 saturated heterocycles. The zero-order chi connectivity index (χ0) is 23.2. The number of carbonyl (C=O) groups is 1. The molecule has 0 spiro atoms. The van der Waals surface area contributed by atoms with Gasteiger partial charge in [-0.2, -0.15) is 0 Å². The number of nitrogens with zero attached hydrogens (tertiary/aromatic N) is 1. The summed E-state index contributed by atoms with van der Waals surface area (Å²) in [5.41, 5.74) is 0. The average Bonchev–Trinajstić information content (AvgIpc) is 2.73. The second-order valence-corrected chi connectivity index (χ2v) is 9.36. The Kier molecular flexibility index (Phi) is 24.2. The summed E-state index contributed by atoms with van der Waals surface area (Å²) in [6, 6.07) is 0. The first kappa shape index (κ1) is 33.3. The number of halogens is 1. The highest BCUT2D eigenvalue weighted by molar-refractivity contribution is 5.75. The van der Waals surface area contributed by atoms with E-state index < -0.39 is 6.10 Å². The minimum Gasteiger partial charge on any atom is -1.00 e. The Bertz CT molecular complexity index is 482.